The molecule has 4 nitrogen and oxygen atoms in total. The lowest BCUT2D eigenvalue weighted by Crippen LogP contribution is -2.41. The third-order valence-electron chi connectivity index (χ3n) is 5.56. The van der Waals surface area contributed by atoms with Gasteiger partial charge in [0.15, 0.2) is 0 Å². The lowest BCUT2D eigenvalue weighted by atomic mass is 9.75. The molecule has 0 atom stereocenters. The molecule has 5 heteroatoms. The average Bonchev–Trinajstić information content (AvgIpc) is 2.89. The molecule has 0 amide bonds. The summed E-state index contributed by atoms with van der Waals surface area (Å²) >= 11 is 0. The van der Waals surface area contributed by atoms with Crippen LogP contribution in [0.1, 0.15) is 70.0 Å². The zero-order valence-corrected chi connectivity index (χ0v) is 16.2. The van der Waals surface area contributed by atoms with Gasteiger partial charge in [0.1, 0.15) is 0 Å². The fourth-order valence-electron chi connectivity index (χ4n) is 3.40. The maximum absolute atomic E-state index is 12.1. The molecule has 1 aliphatic carbocycles. The lowest BCUT2D eigenvalue weighted by Gasteiger charge is -2.32. The molecule has 134 valence electrons. The molecule has 0 bridgehead atoms. The molecule has 1 aliphatic heterocycles. The quantitative estimate of drug-likeness (QED) is 0.611. The molecule has 1 aromatic carbocycles. The second-order valence-electron chi connectivity index (χ2n) is 8.39. The van der Waals surface area contributed by atoms with Gasteiger partial charge in [-0.25, -0.2) is 4.79 Å². The normalized spacial score (nSPS) is 22.5. The van der Waals surface area contributed by atoms with E-state index in [-0.39, 0.29) is 11.4 Å². The summed E-state index contributed by atoms with van der Waals surface area (Å²) in [6, 6.07) is 5.74. The minimum atomic E-state index is -0.442. The first-order valence-electron chi connectivity index (χ1n) is 8.89. The minimum Gasteiger partial charge on any atom is -0.462 e. The molecule has 1 saturated heterocycles. The molecule has 0 unspecified atom stereocenters. The van der Waals surface area contributed by atoms with E-state index < -0.39 is 18.3 Å². The van der Waals surface area contributed by atoms with Crippen LogP contribution in [0.5, 0.6) is 0 Å². The second-order valence-corrected chi connectivity index (χ2v) is 8.39. The second kappa shape index (κ2) is 5.71. The van der Waals surface area contributed by atoms with Crippen molar-refractivity contribution in [1.82, 2.24) is 0 Å². The molecule has 2 aliphatic rings. The fourth-order valence-corrected chi connectivity index (χ4v) is 3.40. The predicted molar refractivity (Wildman–Crippen MR) is 99.5 cm³/mol. The van der Waals surface area contributed by atoms with E-state index in [9.17, 15) is 4.79 Å². The van der Waals surface area contributed by atoms with Gasteiger partial charge in [-0.1, -0.05) is 26.0 Å². The number of hydrogen-bond donors (Lipinski definition) is 0. The summed E-state index contributed by atoms with van der Waals surface area (Å²) < 4.78 is 17.6. The Hall–Kier alpha value is -1.59. The van der Waals surface area contributed by atoms with Crippen molar-refractivity contribution in [2.45, 2.75) is 65.1 Å². The first kappa shape index (κ1) is 18.2. The van der Waals surface area contributed by atoms with Crippen LogP contribution in [-0.4, -0.2) is 30.9 Å². The molecule has 1 heterocycles. The van der Waals surface area contributed by atoms with Crippen LogP contribution in [0.15, 0.2) is 24.3 Å². The number of allylic oxidation sites excluding steroid dienone is 1. The first-order valence-corrected chi connectivity index (χ1v) is 8.89. The van der Waals surface area contributed by atoms with E-state index in [1.807, 2.05) is 52.8 Å². The zero-order valence-electron chi connectivity index (χ0n) is 16.2. The first-order chi connectivity index (χ1) is 11.5. The van der Waals surface area contributed by atoms with Gasteiger partial charge in [-0.15, -0.1) is 0 Å². The van der Waals surface area contributed by atoms with Crippen molar-refractivity contribution in [2.75, 3.05) is 6.61 Å². The van der Waals surface area contributed by atoms with Gasteiger partial charge in [0, 0.05) is 5.41 Å². The van der Waals surface area contributed by atoms with Gasteiger partial charge in [0.2, 0.25) is 0 Å². The Morgan fingerprint density at radius 2 is 1.68 bits per heavy atom. The summed E-state index contributed by atoms with van der Waals surface area (Å²) in [5.74, 6) is -0.303. The monoisotopic (exact) mass is 342 g/mol. The van der Waals surface area contributed by atoms with E-state index in [0.717, 1.165) is 11.0 Å². The minimum absolute atomic E-state index is 0.137. The number of carbonyl (C=O) groups is 1. The van der Waals surface area contributed by atoms with E-state index in [1.54, 1.807) is 0 Å². The fraction of sp³-hybridized carbons (Fsp3) is 0.550. The highest BCUT2D eigenvalue weighted by molar-refractivity contribution is 6.69. The topological polar surface area (TPSA) is 44.8 Å². The summed E-state index contributed by atoms with van der Waals surface area (Å²) in [7, 11) is -0.442. The van der Waals surface area contributed by atoms with Crippen molar-refractivity contribution < 1.29 is 18.8 Å². The van der Waals surface area contributed by atoms with Crippen LogP contribution in [0.2, 0.25) is 0 Å². The van der Waals surface area contributed by atoms with Gasteiger partial charge < -0.3 is 14.0 Å². The van der Waals surface area contributed by atoms with Crippen molar-refractivity contribution in [3.8, 4) is 0 Å². The van der Waals surface area contributed by atoms with Gasteiger partial charge in [0.05, 0.1) is 23.4 Å². The average molecular weight is 342 g/mol. The van der Waals surface area contributed by atoms with Gasteiger partial charge in [0.25, 0.3) is 0 Å². The highest BCUT2D eigenvalue weighted by atomic mass is 16.7. The summed E-state index contributed by atoms with van der Waals surface area (Å²) in [5, 5.41) is 0. The maximum atomic E-state index is 12.1. The third kappa shape index (κ3) is 2.94. The van der Waals surface area contributed by atoms with Crippen LogP contribution >= 0.6 is 0 Å². The van der Waals surface area contributed by atoms with Crippen LogP contribution in [0.25, 0.3) is 5.47 Å². The highest BCUT2D eigenvalue weighted by Crippen LogP contribution is 2.47. The Morgan fingerprint density at radius 3 is 2.24 bits per heavy atom. The SMILES string of the molecule is CCOC(=O)c1ccc2c(c1)C(B1OC(C)(C)C(C)(C)O1)=CC2(C)C. The molecule has 1 aromatic rings. The maximum Gasteiger partial charge on any atom is 0.495 e. The van der Waals surface area contributed by atoms with Crippen LogP contribution < -0.4 is 0 Å². The van der Waals surface area contributed by atoms with Crippen molar-refractivity contribution in [1.29, 1.82) is 0 Å². The zero-order chi connectivity index (χ0) is 18.6. The molecule has 3 rings (SSSR count). The number of rotatable bonds is 3. The van der Waals surface area contributed by atoms with Crippen LogP contribution in [-0.2, 0) is 19.5 Å². The molecule has 0 spiro atoms. The summed E-state index contributed by atoms with van der Waals surface area (Å²) in [6.07, 6.45) is 2.19. The standard InChI is InChI=1S/C20H27BO4/c1-8-23-17(22)13-9-10-15-14(11-13)16(12-18(15,2)3)21-24-19(4,5)20(6,7)25-21/h9-12H,8H2,1-7H3. The van der Waals surface area contributed by atoms with E-state index >= 15 is 0 Å². The van der Waals surface area contributed by atoms with E-state index in [1.165, 1.54) is 5.56 Å². The number of benzene rings is 1. The van der Waals surface area contributed by atoms with Crippen LogP contribution in [0.3, 0.4) is 0 Å². The molecular weight excluding hydrogens is 315 g/mol. The Bertz CT molecular complexity index is 730. The number of fused-ring (bicyclic) bond motifs is 1. The van der Waals surface area contributed by atoms with Gasteiger partial charge in [-0.05, 0) is 63.4 Å². The van der Waals surface area contributed by atoms with E-state index in [4.69, 9.17) is 14.0 Å². The molecule has 1 fully saturated rings. The van der Waals surface area contributed by atoms with Crippen molar-refractivity contribution in [2.24, 2.45) is 0 Å². The molecule has 0 aromatic heterocycles. The molecule has 0 saturated carbocycles. The summed E-state index contributed by atoms with van der Waals surface area (Å²) in [4.78, 5) is 12.1. The number of ether oxygens (including phenoxy) is 1. The van der Waals surface area contributed by atoms with Gasteiger partial charge in [-0.3, -0.25) is 0 Å². The Balaban J connectivity index is 2.02. The summed E-state index contributed by atoms with van der Waals surface area (Å²) in [5.41, 5.74) is 2.79. The Labute approximate surface area is 150 Å². The lowest BCUT2D eigenvalue weighted by molar-refractivity contribution is 0.00578. The van der Waals surface area contributed by atoms with E-state index in [2.05, 4.69) is 19.9 Å². The highest BCUT2D eigenvalue weighted by Gasteiger charge is 2.54. The van der Waals surface area contributed by atoms with Crippen molar-refractivity contribution >= 4 is 18.6 Å². The Morgan fingerprint density at radius 1 is 1.08 bits per heavy atom. The number of hydrogen-bond acceptors (Lipinski definition) is 4. The van der Waals surface area contributed by atoms with E-state index in [0.29, 0.717) is 12.2 Å². The molecule has 0 N–H and O–H groups in total. The molecule has 0 radical (unpaired) electrons. The number of carbonyl (C=O) groups excluding carboxylic acids is 1. The molecular formula is C20H27BO4. The van der Waals surface area contributed by atoms with Crippen molar-refractivity contribution in [3.63, 3.8) is 0 Å². The van der Waals surface area contributed by atoms with Crippen LogP contribution in [0.4, 0.5) is 0 Å². The smallest absolute Gasteiger partial charge is 0.462 e. The molecule has 25 heavy (non-hydrogen) atoms. The van der Waals surface area contributed by atoms with Gasteiger partial charge >= 0.3 is 13.1 Å². The van der Waals surface area contributed by atoms with Crippen molar-refractivity contribution in [3.05, 3.63) is 41.0 Å². The summed E-state index contributed by atoms with van der Waals surface area (Å²) in [6.45, 7) is 14.7. The largest absolute Gasteiger partial charge is 0.495 e. The van der Waals surface area contributed by atoms with Crippen LogP contribution in [0, 0.1) is 0 Å². The third-order valence-corrected chi connectivity index (χ3v) is 5.56. The Kier molecular flexibility index (Phi) is 4.16. The predicted octanol–water partition coefficient (Wildman–Crippen LogP) is 4.17. The number of esters is 1. The van der Waals surface area contributed by atoms with Gasteiger partial charge in [-0.2, -0.15) is 0 Å².